The van der Waals surface area contributed by atoms with Crippen molar-refractivity contribution in [1.29, 1.82) is 0 Å². The van der Waals surface area contributed by atoms with Gasteiger partial charge in [0.25, 0.3) is 0 Å². The molecule has 2 aromatic rings. The van der Waals surface area contributed by atoms with Crippen LogP contribution in [0.15, 0.2) is 41.3 Å². The lowest BCUT2D eigenvalue weighted by molar-refractivity contribution is 0.297. The fourth-order valence-corrected chi connectivity index (χ4v) is 2.96. The second-order valence-corrected chi connectivity index (χ2v) is 5.89. The van der Waals surface area contributed by atoms with Crippen LogP contribution < -0.4 is 15.2 Å². The third kappa shape index (κ3) is 3.36. The quantitative estimate of drug-likeness (QED) is 0.517. The Morgan fingerprint density at radius 2 is 1.86 bits per heavy atom. The van der Waals surface area contributed by atoms with Crippen LogP contribution >= 0.6 is 11.8 Å². The van der Waals surface area contributed by atoms with E-state index in [2.05, 4.69) is 0 Å². The first-order chi connectivity index (χ1) is 10.2. The molecule has 0 radical (unpaired) electrons. The van der Waals surface area contributed by atoms with Crippen molar-refractivity contribution in [2.75, 3.05) is 18.9 Å². The minimum absolute atomic E-state index is 0.124. The second-order valence-electron chi connectivity index (χ2n) is 4.84. The van der Waals surface area contributed by atoms with Gasteiger partial charge in [-0.2, -0.15) is 0 Å². The van der Waals surface area contributed by atoms with Gasteiger partial charge in [-0.05, 0) is 35.9 Å². The van der Waals surface area contributed by atoms with Crippen LogP contribution in [0.5, 0.6) is 17.2 Å². The normalized spacial score (nSPS) is 13.7. The van der Waals surface area contributed by atoms with Gasteiger partial charge in [0.05, 0.1) is 18.9 Å². The molecule has 1 aliphatic heterocycles. The number of benzene rings is 2. The summed E-state index contributed by atoms with van der Waals surface area (Å²) in [5.74, 6) is 2.53. The number of thioether (sulfide) groups is 1. The molecule has 0 aromatic heterocycles. The maximum absolute atomic E-state index is 9.43. The van der Waals surface area contributed by atoms with E-state index in [1.165, 1.54) is 0 Å². The molecule has 0 saturated heterocycles. The molecule has 0 amide bonds. The van der Waals surface area contributed by atoms with Crippen molar-refractivity contribution in [1.82, 2.24) is 0 Å². The van der Waals surface area contributed by atoms with E-state index in [-0.39, 0.29) is 5.75 Å². The van der Waals surface area contributed by atoms with Crippen LogP contribution in [0.4, 0.5) is 5.69 Å². The summed E-state index contributed by atoms with van der Waals surface area (Å²) < 4.78 is 11.3. The number of aromatic hydroxyl groups is 1. The highest BCUT2D eigenvalue weighted by Crippen LogP contribution is 2.35. The monoisotopic (exact) mass is 303 g/mol. The number of fused-ring (bicyclic) bond motifs is 1. The highest BCUT2D eigenvalue weighted by molar-refractivity contribution is 7.98. The molecular weight excluding hydrogens is 286 g/mol. The van der Waals surface area contributed by atoms with Crippen LogP contribution in [0.25, 0.3) is 0 Å². The first kappa shape index (κ1) is 13.9. The van der Waals surface area contributed by atoms with Crippen molar-refractivity contribution in [3.8, 4) is 17.2 Å². The fourth-order valence-electron chi connectivity index (χ4n) is 2.09. The molecule has 0 atom stereocenters. The molecule has 0 aliphatic carbocycles. The molecule has 3 N–H and O–H groups in total. The molecule has 0 bridgehead atoms. The highest BCUT2D eigenvalue weighted by atomic mass is 32.2. The van der Waals surface area contributed by atoms with Gasteiger partial charge in [-0.25, -0.2) is 0 Å². The van der Waals surface area contributed by atoms with E-state index in [4.69, 9.17) is 15.2 Å². The molecule has 4 nitrogen and oxygen atoms in total. The third-order valence-electron chi connectivity index (χ3n) is 3.22. The van der Waals surface area contributed by atoms with Crippen LogP contribution in [0.3, 0.4) is 0 Å². The second kappa shape index (κ2) is 6.18. The van der Waals surface area contributed by atoms with E-state index in [1.807, 2.05) is 24.3 Å². The molecule has 5 heteroatoms. The number of anilines is 1. The van der Waals surface area contributed by atoms with Gasteiger partial charge in [0, 0.05) is 17.1 Å². The molecule has 0 fully saturated rings. The number of hydrogen-bond acceptors (Lipinski definition) is 5. The van der Waals surface area contributed by atoms with Gasteiger partial charge in [0.1, 0.15) is 5.75 Å². The van der Waals surface area contributed by atoms with Crippen LogP contribution in [-0.4, -0.2) is 18.3 Å². The summed E-state index contributed by atoms with van der Waals surface area (Å²) in [6.45, 7) is 1.39. The van der Waals surface area contributed by atoms with Crippen molar-refractivity contribution in [3.05, 3.63) is 42.0 Å². The number of phenols is 1. The molecule has 0 unspecified atom stereocenters. The number of nitrogen functional groups attached to an aromatic ring is 1. The lowest BCUT2D eigenvalue weighted by Crippen LogP contribution is -1.97. The summed E-state index contributed by atoms with van der Waals surface area (Å²) in [6, 6.07) is 11.3. The predicted molar refractivity (Wildman–Crippen MR) is 84.1 cm³/mol. The summed E-state index contributed by atoms with van der Waals surface area (Å²) >= 11 is 1.69. The fraction of sp³-hybridized carbons (Fsp3) is 0.250. The van der Waals surface area contributed by atoms with E-state index in [1.54, 1.807) is 23.9 Å². The average molecular weight is 303 g/mol. The van der Waals surface area contributed by atoms with Gasteiger partial charge in [0.2, 0.25) is 0 Å². The van der Waals surface area contributed by atoms with Gasteiger partial charge in [-0.15, -0.1) is 11.8 Å². The third-order valence-corrected chi connectivity index (χ3v) is 4.28. The van der Waals surface area contributed by atoms with Crippen molar-refractivity contribution < 1.29 is 14.6 Å². The van der Waals surface area contributed by atoms with Crippen LogP contribution in [0, 0.1) is 0 Å². The molecule has 110 valence electrons. The smallest absolute Gasteiger partial charge is 0.162 e. The maximum atomic E-state index is 9.43. The lowest BCUT2D eigenvalue weighted by Gasteiger charge is -2.09. The Kier molecular flexibility index (Phi) is 4.10. The van der Waals surface area contributed by atoms with Gasteiger partial charge in [0.15, 0.2) is 11.5 Å². The number of ether oxygens (including phenoxy) is 2. The molecule has 21 heavy (non-hydrogen) atoms. The van der Waals surface area contributed by atoms with E-state index in [0.717, 1.165) is 34.1 Å². The average Bonchev–Trinajstić information content (AvgIpc) is 2.73. The Morgan fingerprint density at radius 3 is 2.67 bits per heavy atom. The van der Waals surface area contributed by atoms with Crippen molar-refractivity contribution >= 4 is 17.4 Å². The molecule has 1 heterocycles. The Hall–Kier alpha value is -2.01. The summed E-state index contributed by atoms with van der Waals surface area (Å²) in [5, 5.41) is 9.43. The summed E-state index contributed by atoms with van der Waals surface area (Å²) in [5.41, 5.74) is 7.18. The van der Waals surface area contributed by atoms with E-state index in [9.17, 15) is 5.11 Å². The van der Waals surface area contributed by atoms with Crippen LogP contribution in [0.2, 0.25) is 0 Å². The Labute approximate surface area is 127 Å². The van der Waals surface area contributed by atoms with E-state index in [0.29, 0.717) is 18.9 Å². The highest BCUT2D eigenvalue weighted by Gasteiger charge is 2.11. The Bertz CT molecular complexity index is 645. The molecule has 2 aromatic carbocycles. The van der Waals surface area contributed by atoms with Gasteiger partial charge in [-0.1, -0.05) is 6.07 Å². The van der Waals surface area contributed by atoms with Gasteiger partial charge in [-0.3, -0.25) is 0 Å². The Balaban J connectivity index is 1.70. The van der Waals surface area contributed by atoms with Crippen molar-refractivity contribution in [3.63, 3.8) is 0 Å². The number of phenolic OH excluding ortho intramolecular Hbond substituents is 1. The summed E-state index contributed by atoms with van der Waals surface area (Å²) in [7, 11) is 0. The minimum atomic E-state index is 0.124. The van der Waals surface area contributed by atoms with Crippen LogP contribution in [-0.2, 0) is 5.75 Å². The summed E-state index contributed by atoms with van der Waals surface area (Å²) in [4.78, 5) is 1.12. The molecule has 3 rings (SSSR count). The number of nitrogens with two attached hydrogens (primary N) is 1. The zero-order valence-electron chi connectivity index (χ0n) is 11.5. The van der Waals surface area contributed by atoms with Crippen molar-refractivity contribution in [2.45, 2.75) is 17.1 Å². The predicted octanol–water partition coefficient (Wildman–Crippen LogP) is 3.43. The minimum Gasteiger partial charge on any atom is -0.506 e. The van der Waals surface area contributed by atoms with Crippen molar-refractivity contribution in [2.24, 2.45) is 0 Å². The van der Waals surface area contributed by atoms with Gasteiger partial charge < -0.3 is 20.3 Å². The first-order valence-electron chi connectivity index (χ1n) is 6.82. The number of rotatable bonds is 3. The SMILES string of the molecule is Nc1cc(CSc2ccc3c(c2)OCCCO3)ccc1O. The van der Waals surface area contributed by atoms with Crippen LogP contribution in [0.1, 0.15) is 12.0 Å². The van der Waals surface area contributed by atoms with E-state index >= 15 is 0 Å². The zero-order chi connectivity index (χ0) is 14.7. The lowest BCUT2D eigenvalue weighted by atomic mass is 10.2. The topological polar surface area (TPSA) is 64.7 Å². The maximum Gasteiger partial charge on any atom is 0.162 e. The first-order valence-corrected chi connectivity index (χ1v) is 7.81. The molecule has 0 saturated carbocycles. The zero-order valence-corrected chi connectivity index (χ0v) is 12.4. The van der Waals surface area contributed by atoms with E-state index < -0.39 is 0 Å². The largest absolute Gasteiger partial charge is 0.506 e. The standard InChI is InChI=1S/C16H17NO3S/c17-13-8-11(2-4-14(13)18)10-21-12-3-5-15-16(9-12)20-7-1-6-19-15/h2-5,8-9,18H,1,6-7,10,17H2. The van der Waals surface area contributed by atoms with Gasteiger partial charge >= 0.3 is 0 Å². The molecule has 1 aliphatic rings. The Morgan fingerprint density at radius 1 is 1.05 bits per heavy atom. The molecular formula is C16H17NO3S. The summed E-state index contributed by atoms with van der Waals surface area (Å²) in [6.07, 6.45) is 0.907. The molecule has 0 spiro atoms. The number of hydrogen-bond donors (Lipinski definition) is 2.